The van der Waals surface area contributed by atoms with Gasteiger partial charge in [-0.1, -0.05) is 6.92 Å². The van der Waals surface area contributed by atoms with E-state index in [0.717, 1.165) is 44.9 Å². The summed E-state index contributed by atoms with van der Waals surface area (Å²) in [5.41, 5.74) is 0. The summed E-state index contributed by atoms with van der Waals surface area (Å²) in [5, 5.41) is 3.45. The molecule has 0 aliphatic carbocycles. The molecule has 1 amide bonds. The second-order valence-corrected chi connectivity index (χ2v) is 6.79. The minimum atomic E-state index is 0.00221. The fourth-order valence-corrected chi connectivity index (χ4v) is 2.83. The molecule has 0 bridgehead atoms. The lowest BCUT2D eigenvalue weighted by molar-refractivity contribution is -0.127. The zero-order chi connectivity index (χ0) is 17.5. The van der Waals surface area contributed by atoms with Crippen LogP contribution in [-0.2, 0) is 14.3 Å². The summed E-state index contributed by atoms with van der Waals surface area (Å²) in [6, 6.07) is 0.308. The van der Waals surface area contributed by atoms with Crippen molar-refractivity contribution in [3.8, 4) is 0 Å². The molecular formula is C17H32N4O3. The fraction of sp³-hybridized carbons (Fsp3) is 0.882. The van der Waals surface area contributed by atoms with Crippen LogP contribution in [0, 0.1) is 0 Å². The number of hydrogen-bond donors (Lipinski definition) is 1. The number of rotatable bonds is 5. The Hall–Kier alpha value is -1.34. The van der Waals surface area contributed by atoms with E-state index in [1.54, 1.807) is 19.0 Å². The van der Waals surface area contributed by atoms with Gasteiger partial charge in [-0.3, -0.25) is 4.79 Å². The summed E-state index contributed by atoms with van der Waals surface area (Å²) in [7, 11) is 3.50. The van der Waals surface area contributed by atoms with Crippen LogP contribution in [-0.4, -0.2) is 86.9 Å². The van der Waals surface area contributed by atoms with Crippen LogP contribution in [0.25, 0.3) is 0 Å². The second kappa shape index (κ2) is 9.22. The number of nitrogens with zero attached hydrogens (tertiary/aromatic N) is 3. The standard InChI is InChI=1S/C17H32N4O3/c1-5-13(2)19-17(18-11-16(22)20(3)4)21-8-10-24-15(12-21)14-7-6-9-23-14/h13-15H,5-12H2,1-4H3,(H,18,19). The monoisotopic (exact) mass is 340 g/mol. The Morgan fingerprint density at radius 3 is 2.71 bits per heavy atom. The quantitative estimate of drug-likeness (QED) is 0.589. The molecular weight excluding hydrogens is 308 g/mol. The predicted molar refractivity (Wildman–Crippen MR) is 94.2 cm³/mol. The van der Waals surface area contributed by atoms with Crippen molar-refractivity contribution < 1.29 is 14.3 Å². The number of carbonyl (C=O) groups excluding carboxylic acids is 1. The van der Waals surface area contributed by atoms with Crippen LogP contribution in [0.1, 0.15) is 33.1 Å². The lowest BCUT2D eigenvalue weighted by Crippen LogP contribution is -2.54. The van der Waals surface area contributed by atoms with Crippen LogP contribution in [0.15, 0.2) is 4.99 Å². The molecule has 2 heterocycles. The van der Waals surface area contributed by atoms with Gasteiger partial charge in [0.1, 0.15) is 12.6 Å². The van der Waals surface area contributed by atoms with Crippen LogP contribution in [0.4, 0.5) is 0 Å². The van der Waals surface area contributed by atoms with Gasteiger partial charge in [0.25, 0.3) is 0 Å². The van der Waals surface area contributed by atoms with Crippen molar-refractivity contribution in [1.29, 1.82) is 0 Å². The molecule has 2 aliphatic heterocycles. The first kappa shape index (κ1) is 19.0. The van der Waals surface area contributed by atoms with Crippen LogP contribution in [0.3, 0.4) is 0 Å². The molecule has 138 valence electrons. The van der Waals surface area contributed by atoms with Gasteiger partial charge in [0.05, 0.1) is 12.7 Å². The van der Waals surface area contributed by atoms with Gasteiger partial charge in [-0.2, -0.15) is 0 Å². The van der Waals surface area contributed by atoms with Crippen LogP contribution < -0.4 is 5.32 Å². The molecule has 2 aliphatic rings. The highest BCUT2D eigenvalue weighted by atomic mass is 16.5. The lowest BCUT2D eigenvalue weighted by Gasteiger charge is -2.38. The third-order valence-electron chi connectivity index (χ3n) is 4.62. The third-order valence-corrected chi connectivity index (χ3v) is 4.62. The van der Waals surface area contributed by atoms with Gasteiger partial charge < -0.3 is 24.6 Å². The predicted octanol–water partition coefficient (Wildman–Crippen LogP) is 0.699. The van der Waals surface area contributed by atoms with E-state index in [9.17, 15) is 4.79 Å². The third kappa shape index (κ3) is 5.34. The maximum atomic E-state index is 11.9. The normalized spacial score (nSPS) is 26.3. The average Bonchev–Trinajstić information content (AvgIpc) is 3.12. The Morgan fingerprint density at radius 1 is 1.33 bits per heavy atom. The number of ether oxygens (including phenoxy) is 2. The number of hydrogen-bond acceptors (Lipinski definition) is 4. The summed E-state index contributed by atoms with van der Waals surface area (Å²) in [4.78, 5) is 20.2. The van der Waals surface area contributed by atoms with E-state index in [1.807, 2.05) is 0 Å². The molecule has 0 radical (unpaired) electrons. The van der Waals surface area contributed by atoms with Gasteiger partial charge in [0, 0.05) is 39.8 Å². The molecule has 7 nitrogen and oxygen atoms in total. The number of morpholine rings is 1. The van der Waals surface area contributed by atoms with Crippen molar-refractivity contribution in [3.63, 3.8) is 0 Å². The SMILES string of the molecule is CCC(C)NC(=NCC(=O)N(C)C)N1CCOC(C2CCCO2)C1. The summed E-state index contributed by atoms with van der Waals surface area (Å²) in [6.07, 6.45) is 3.42. The first-order chi connectivity index (χ1) is 11.5. The lowest BCUT2D eigenvalue weighted by atomic mass is 10.1. The summed E-state index contributed by atoms with van der Waals surface area (Å²) < 4.78 is 11.7. The molecule has 2 saturated heterocycles. The Kier molecular flexibility index (Phi) is 7.30. The molecule has 0 aromatic carbocycles. The van der Waals surface area contributed by atoms with E-state index in [2.05, 4.69) is 29.1 Å². The van der Waals surface area contributed by atoms with E-state index in [4.69, 9.17) is 9.47 Å². The van der Waals surface area contributed by atoms with Crippen LogP contribution >= 0.6 is 0 Å². The van der Waals surface area contributed by atoms with Gasteiger partial charge in [0.2, 0.25) is 5.91 Å². The summed E-state index contributed by atoms with van der Waals surface area (Å²) in [6.45, 7) is 7.44. The van der Waals surface area contributed by atoms with Crippen molar-refractivity contribution in [2.45, 2.75) is 51.4 Å². The summed E-state index contributed by atoms with van der Waals surface area (Å²) in [5.74, 6) is 0.799. The zero-order valence-electron chi connectivity index (χ0n) is 15.5. The van der Waals surface area contributed by atoms with Crippen LogP contribution in [0.5, 0.6) is 0 Å². The molecule has 3 atom stereocenters. The minimum absolute atomic E-state index is 0.00221. The minimum Gasteiger partial charge on any atom is -0.375 e. The van der Waals surface area contributed by atoms with Gasteiger partial charge >= 0.3 is 0 Å². The highest BCUT2D eigenvalue weighted by Crippen LogP contribution is 2.21. The number of amides is 1. The molecule has 0 aromatic rings. The van der Waals surface area contributed by atoms with E-state index in [0.29, 0.717) is 12.6 Å². The molecule has 3 unspecified atom stereocenters. The Balaban J connectivity index is 2.03. The number of carbonyl (C=O) groups is 1. The van der Waals surface area contributed by atoms with Crippen molar-refractivity contribution in [2.75, 3.05) is 46.9 Å². The van der Waals surface area contributed by atoms with Crippen molar-refractivity contribution in [2.24, 2.45) is 4.99 Å². The molecule has 2 rings (SSSR count). The second-order valence-electron chi connectivity index (χ2n) is 6.79. The number of guanidine groups is 1. The molecule has 0 spiro atoms. The van der Waals surface area contributed by atoms with Gasteiger partial charge in [-0.25, -0.2) is 4.99 Å². The first-order valence-electron chi connectivity index (χ1n) is 9.00. The van der Waals surface area contributed by atoms with Gasteiger partial charge in [-0.05, 0) is 26.2 Å². The summed E-state index contributed by atoms with van der Waals surface area (Å²) >= 11 is 0. The highest BCUT2D eigenvalue weighted by Gasteiger charge is 2.32. The largest absolute Gasteiger partial charge is 0.375 e. The maximum Gasteiger partial charge on any atom is 0.243 e. The first-order valence-corrected chi connectivity index (χ1v) is 9.00. The topological polar surface area (TPSA) is 66.4 Å². The smallest absolute Gasteiger partial charge is 0.243 e. The van der Waals surface area contributed by atoms with Crippen LogP contribution in [0.2, 0.25) is 0 Å². The van der Waals surface area contributed by atoms with Crippen molar-refractivity contribution in [1.82, 2.24) is 15.1 Å². The van der Waals surface area contributed by atoms with E-state index in [-0.39, 0.29) is 24.7 Å². The van der Waals surface area contributed by atoms with Gasteiger partial charge in [0.15, 0.2) is 5.96 Å². The Labute approximate surface area is 145 Å². The molecule has 1 N–H and O–H groups in total. The van der Waals surface area contributed by atoms with Crippen molar-refractivity contribution >= 4 is 11.9 Å². The molecule has 24 heavy (non-hydrogen) atoms. The molecule has 2 fully saturated rings. The average molecular weight is 340 g/mol. The molecule has 0 aromatic heterocycles. The zero-order valence-corrected chi connectivity index (χ0v) is 15.5. The van der Waals surface area contributed by atoms with E-state index < -0.39 is 0 Å². The number of likely N-dealkylation sites (N-methyl/N-ethyl adjacent to an activating group) is 1. The Bertz CT molecular complexity index is 436. The van der Waals surface area contributed by atoms with E-state index >= 15 is 0 Å². The fourth-order valence-electron chi connectivity index (χ4n) is 2.83. The van der Waals surface area contributed by atoms with E-state index in [1.165, 1.54) is 0 Å². The Morgan fingerprint density at radius 2 is 2.08 bits per heavy atom. The van der Waals surface area contributed by atoms with Gasteiger partial charge in [-0.15, -0.1) is 0 Å². The number of nitrogens with one attached hydrogen (secondary N) is 1. The van der Waals surface area contributed by atoms with Crippen molar-refractivity contribution in [3.05, 3.63) is 0 Å². The molecule has 0 saturated carbocycles. The molecule has 7 heteroatoms. The highest BCUT2D eigenvalue weighted by molar-refractivity contribution is 5.85. The number of aliphatic imine (C=N–C) groups is 1. The maximum absolute atomic E-state index is 11.9.